The topological polar surface area (TPSA) is 17.1 Å². The van der Waals surface area contributed by atoms with E-state index in [-0.39, 0.29) is 0 Å². The van der Waals surface area contributed by atoms with E-state index in [1.807, 2.05) is 6.92 Å². The molecule has 1 nitrogen and oxygen atoms in total. The van der Waals surface area contributed by atoms with Crippen molar-refractivity contribution < 1.29 is 4.79 Å². The molecule has 52 valence electrons. The molecule has 0 aliphatic heterocycles. The van der Waals surface area contributed by atoms with Crippen molar-refractivity contribution in [2.24, 2.45) is 17.8 Å². The van der Waals surface area contributed by atoms with Crippen LogP contribution in [0.3, 0.4) is 0 Å². The molecule has 0 bridgehead atoms. The molecule has 1 rings (SSSR count). The molecule has 1 aliphatic carbocycles. The first-order valence-electron chi connectivity index (χ1n) is 3.63. The average Bonchev–Trinajstić information content (AvgIpc) is 2.44. The van der Waals surface area contributed by atoms with Crippen LogP contribution in [0.4, 0.5) is 0 Å². The Morgan fingerprint density at radius 2 is 2.11 bits per heavy atom. The van der Waals surface area contributed by atoms with Crippen LogP contribution in [0, 0.1) is 17.8 Å². The van der Waals surface area contributed by atoms with Gasteiger partial charge >= 0.3 is 0 Å². The maximum absolute atomic E-state index is 10.8. The summed E-state index contributed by atoms with van der Waals surface area (Å²) in [5.41, 5.74) is 0. The molecular formula is C8H14O. The molecule has 1 saturated carbocycles. The van der Waals surface area contributed by atoms with E-state index in [0.717, 1.165) is 5.92 Å². The molecule has 0 aromatic heterocycles. The fraction of sp³-hybridized carbons (Fsp3) is 0.875. The SMILES string of the molecule is CC(=O)C(C)C1CC1C. The molecule has 0 heterocycles. The summed E-state index contributed by atoms with van der Waals surface area (Å²) in [6, 6.07) is 0. The third-order valence-corrected chi connectivity index (χ3v) is 2.46. The monoisotopic (exact) mass is 126 g/mol. The molecule has 3 atom stereocenters. The molecule has 0 spiro atoms. The lowest BCUT2D eigenvalue weighted by atomic mass is 10.0. The fourth-order valence-corrected chi connectivity index (χ4v) is 1.35. The Hall–Kier alpha value is -0.330. The lowest BCUT2D eigenvalue weighted by molar-refractivity contribution is -0.120. The van der Waals surface area contributed by atoms with Crippen molar-refractivity contribution in [3.8, 4) is 0 Å². The lowest BCUT2D eigenvalue weighted by Gasteiger charge is -2.02. The largest absolute Gasteiger partial charge is 0.300 e. The molecule has 1 heteroatoms. The lowest BCUT2D eigenvalue weighted by Crippen LogP contribution is -2.08. The summed E-state index contributed by atoms with van der Waals surface area (Å²) >= 11 is 0. The molecule has 0 saturated heterocycles. The number of carbonyl (C=O) groups is 1. The maximum Gasteiger partial charge on any atom is 0.132 e. The molecule has 0 radical (unpaired) electrons. The number of hydrogen-bond donors (Lipinski definition) is 0. The first-order valence-corrected chi connectivity index (χ1v) is 3.63. The molecule has 0 amide bonds. The zero-order valence-corrected chi connectivity index (χ0v) is 6.35. The van der Waals surface area contributed by atoms with Crippen LogP contribution in [0.25, 0.3) is 0 Å². The van der Waals surface area contributed by atoms with Gasteiger partial charge in [-0.15, -0.1) is 0 Å². The fourth-order valence-electron chi connectivity index (χ4n) is 1.35. The number of carbonyl (C=O) groups excluding carboxylic acids is 1. The Kier molecular flexibility index (Phi) is 1.60. The molecule has 3 unspecified atom stereocenters. The summed E-state index contributed by atoms with van der Waals surface area (Å²) in [5.74, 6) is 2.19. The van der Waals surface area contributed by atoms with Crippen molar-refractivity contribution in [2.45, 2.75) is 27.2 Å². The second-order valence-electron chi connectivity index (χ2n) is 3.28. The minimum atomic E-state index is 0.319. The van der Waals surface area contributed by atoms with Crippen molar-refractivity contribution in [2.75, 3.05) is 0 Å². The molecule has 1 fully saturated rings. The Morgan fingerprint density at radius 1 is 1.67 bits per heavy atom. The first kappa shape index (κ1) is 6.79. The van der Waals surface area contributed by atoms with Gasteiger partial charge in [0.2, 0.25) is 0 Å². The van der Waals surface area contributed by atoms with Crippen LogP contribution in [-0.4, -0.2) is 5.78 Å². The van der Waals surface area contributed by atoms with Gasteiger partial charge in [0.15, 0.2) is 0 Å². The van der Waals surface area contributed by atoms with Crippen LogP contribution in [-0.2, 0) is 4.79 Å². The highest BCUT2D eigenvalue weighted by Gasteiger charge is 2.38. The third-order valence-electron chi connectivity index (χ3n) is 2.46. The smallest absolute Gasteiger partial charge is 0.132 e. The Labute approximate surface area is 56.4 Å². The predicted molar refractivity (Wildman–Crippen MR) is 37.1 cm³/mol. The van der Waals surface area contributed by atoms with Crippen LogP contribution in [0.1, 0.15) is 27.2 Å². The highest BCUT2D eigenvalue weighted by molar-refractivity contribution is 5.78. The standard InChI is InChI=1S/C8H14O/c1-5-4-8(5)6(2)7(3)9/h5-6,8H,4H2,1-3H3. The van der Waals surface area contributed by atoms with Crippen molar-refractivity contribution in [3.05, 3.63) is 0 Å². The van der Waals surface area contributed by atoms with E-state index in [1.54, 1.807) is 6.92 Å². The summed E-state index contributed by atoms with van der Waals surface area (Å²) in [6.45, 7) is 5.94. The van der Waals surface area contributed by atoms with Gasteiger partial charge in [0.1, 0.15) is 5.78 Å². The van der Waals surface area contributed by atoms with Crippen molar-refractivity contribution >= 4 is 5.78 Å². The summed E-state index contributed by atoms with van der Waals surface area (Å²) < 4.78 is 0. The third kappa shape index (κ3) is 1.32. The zero-order chi connectivity index (χ0) is 7.02. The van der Waals surface area contributed by atoms with Crippen molar-refractivity contribution in [3.63, 3.8) is 0 Å². The van der Waals surface area contributed by atoms with Gasteiger partial charge in [-0.05, 0) is 25.2 Å². The van der Waals surface area contributed by atoms with E-state index >= 15 is 0 Å². The minimum Gasteiger partial charge on any atom is -0.300 e. The molecular weight excluding hydrogens is 112 g/mol. The van der Waals surface area contributed by atoms with Gasteiger partial charge in [-0.3, -0.25) is 4.79 Å². The molecule has 0 aromatic carbocycles. The quantitative estimate of drug-likeness (QED) is 0.552. The minimum absolute atomic E-state index is 0.319. The number of rotatable bonds is 2. The van der Waals surface area contributed by atoms with Gasteiger partial charge in [0.25, 0.3) is 0 Å². The first-order chi connectivity index (χ1) is 4.13. The Bertz CT molecular complexity index is 129. The highest BCUT2D eigenvalue weighted by Crippen LogP contribution is 2.43. The Morgan fingerprint density at radius 3 is 2.22 bits per heavy atom. The van der Waals surface area contributed by atoms with Gasteiger partial charge in [-0.25, -0.2) is 0 Å². The van der Waals surface area contributed by atoms with Crippen molar-refractivity contribution in [1.29, 1.82) is 0 Å². The van der Waals surface area contributed by atoms with Crippen LogP contribution < -0.4 is 0 Å². The van der Waals surface area contributed by atoms with Gasteiger partial charge in [-0.1, -0.05) is 13.8 Å². The maximum atomic E-state index is 10.8. The summed E-state index contributed by atoms with van der Waals surface area (Å²) in [5, 5.41) is 0. The molecule has 1 aliphatic rings. The van der Waals surface area contributed by atoms with Crippen molar-refractivity contribution in [1.82, 2.24) is 0 Å². The van der Waals surface area contributed by atoms with Gasteiger partial charge in [0.05, 0.1) is 0 Å². The van der Waals surface area contributed by atoms with Crippen LogP contribution in [0.5, 0.6) is 0 Å². The van der Waals surface area contributed by atoms with Gasteiger partial charge in [-0.2, -0.15) is 0 Å². The van der Waals surface area contributed by atoms with E-state index < -0.39 is 0 Å². The summed E-state index contributed by atoms with van der Waals surface area (Å²) in [4.78, 5) is 10.8. The molecule has 9 heavy (non-hydrogen) atoms. The van der Waals surface area contributed by atoms with Crippen LogP contribution in [0.2, 0.25) is 0 Å². The highest BCUT2D eigenvalue weighted by atomic mass is 16.1. The van der Waals surface area contributed by atoms with E-state index in [2.05, 4.69) is 6.92 Å². The number of Topliss-reactive ketones (excluding diaryl/α,β-unsaturated/α-hetero) is 1. The van der Waals surface area contributed by atoms with E-state index in [4.69, 9.17) is 0 Å². The van der Waals surface area contributed by atoms with E-state index in [0.29, 0.717) is 17.6 Å². The second-order valence-corrected chi connectivity index (χ2v) is 3.28. The van der Waals surface area contributed by atoms with E-state index in [9.17, 15) is 4.79 Å². The van der Waals surface area contributed by atoms with Gasteiger partial charge in [0, 0.05) is 5.92 Å². The van der Waals surface area contributed by atoms with Gasteiger partial charge < -0.3 is 0 Å². The normalized spacial score (nSPS) is 35.9. The second kappa shape index (κ2) is 2.13. The van der Waals surface area contributed by atoms with E-state index in [1.165, 1.54) is 6.42 Å². The molecule has 0 aromatic rings. The van der Waals surface area contributed by atoms with Crippen LogP contribution >= 0.6 is 0 Å². The summed E-state index contributed by atoms with van der Waals surface area (Å²) in [6.07, 6.45) is 1.26. The Balaban J connectivity index is 2.36. The molecule has 0 N–H and O–H groups in total. The predicted octanol–water partition coefficient (Wildman–Crippen LogP) is 1.87. The number of hydrogen-bond acceptors (Lipinski definition) is 1. The number of ketones is 1. The average molecular weight is 126 g/mol. The zero-order valence-electron chi connectivity index (χ0n) is 6.35. The van der Waals surface area contributed by atoms with Crippen LogP contribution in [0.15, 0.2) is 0 Å². The summed E-state index contributed by atoms with van der Waals surface area (Å²) in [7, 11) is 0.